The van der Waals surface area contributed by atoms with Crippen LogP contribution in [0.5, 0.6) is 0 Å². The van der Waals surface area contributed by atoms with E-state index in [-0.39, 0.29) is 5.92 Å². The normalized spacial score (nSPS) is 20.9. The van der Waals surface area contributed by atoms with E-state index in [1.165, 1.54) is 30.6 Å². The molecule has 0 aliphatic carbocycles. The van der Waals surface area contributed by atoms with Gasteiger partial charge in [-0.1, -0.05) is 20.3 Å². The van der Waals surface area contributed by atoms with Crippen LogP contribution in [0.2, 0.25) is 0 Å². The summed E-state index contributed by atoms with van der Waals surface area (Å²) < 4.78 is 0. The van der Waals surface area contributed by atoms with Crippen molar-refractivity contribution < 1.29 is 9.90 Å². The molecular weight excluding hydrogens is 260 g/mol. The molecule has 106 valence electrons. The van der Waals surface area contributed by atoms with Crippen LogP contribution in [0, 0.1) is 0 Å². The highest BCUT2D eigenvalue weighted by Gasteiger charge is 2.23. The third kappa shape index (κ3) is 3.34. The quantitative estimate of drug-likeness (QED) is 0.920. The van der Waals surface area contributed by atoms with Crippen molar-refractivity contribution in [3.63, 3.8) is 0 Å². The number of hydrogen-bond acceptors (Lipinski definition) is 4. The van der Waals surface area contributed by atoms with Gasteiger partial charge in [0, 0.05) is 6.04 Å². The minimum absolute atomic E-state index is 0.162. The SMILES string of the molecule is CC(C)c1nc(CN2CCCCC2C)sc1C(=O)O. The van der Waals surface area contributed by atoms with Crippen molar-refractivity contribution in [2.75, 3.05) is 6.54 Å². The first kappa shape index (κ1) is 14.5. The van der Waals surface area contributed by atoms with Gasteiger partial charge in [-0.25, -0.2) is 9.78 Å². The van der Waals surface area contributed by atoms with E-state index in [1.54, 1.807) is 0 Å². The van der Waals surface area contributed by atoms with Crippen molar-refractivity contribution in [3.05, 3.63) is 15.6 Å². The zero-order valence-electron chi connectivity index (χ0n) is 11.8. The lowest BCUT2D eigenvalue weighted by atomic mass is 10.0. The van der Waals surface area contributed by atoms with E-state index in [0.29, 0.717) is 10.9 Å². The van der Waals surface area contributed by atoms with Crippen LogP contribution >= 0.6 is 11.3 Å². The topological polar surface area (TPSA) is 53.4 Å². The molecule has 19 heavy (non-hydrogen) atoms. The highest BCUT2D eigenvalue weighted by molar-refractivity contribution is 7.13. The lowest BCUT2D eigenvalue weighted by Gasteiger charge is -2.32. The Kier molecular flexibility index (Phi) is 4.58. The molecule has 2 rings (SSSR count). The second-order valence-electron chi connectivity index (χ2n) is 5.60. The largest absolute Gasteiger partial charge is 0.477 e. The molecule has 5 heteroatoms. The third-order valence-corrected chi connectivity index (χ3v) is 4.76. The smallest absolute Gasteiger partial charge is 0.347 e. The summed E-state index contributed by atoms with van der Waals surface area (Å²) in [5.74, 6) is -0.686. The number of hydrogen-bond donors (Lipinski definition) is 1. The van der Waals surface area contributed by atoms with Crippen molar-refractivity contribution >= 4 is 17.3 Å². The Labute approximate surface area is 118 Å². The summed E-state index contributed by atoms with van der Waals surface area (Å²) >= 11 is 1.34. The van der Waals surface area contributed by atoms with Gasteiger partial charge in [0.2, 0.25) is 0 Å². The molecule has 1 aromatic rings. The number of carboxylic acid groups (broad SMARTS) is 1. The Hall–Kier alpha value is -0.940. The molecule has 4 nitrogen and oxygen atoms in total. The van der Waals surface area contributed by atoms with Crippen LogP contribution in [0.1, 0.15) is 66.3 Å². The zero-order chi connectivity index (χ0) is 14.0. The van der Waals surface area contributed by atoms with Gasteiger partial charge < -0.3 is 5.11 Å². The average Bonchev–Trinajstić information content (AvgIpc) is 2.76. The van der Waals surface area contributed by atoms with Gasteiger partial charge in [-0.3, -0.25) is 4.90 Å². The van der Waals surface area contributed by atoms with Gasteiger partial charge in [0.1, 0.15) is 9.88 Å². The highest BCUT2D eigenvalue weighted by atomic mass is 32.1. The maximum Gasteiger partial charge on any atom is 0.347 e. The molecule has 2 heterocycles. The standard InChI is InChI=1S/C14H22N2O2S/c1-9(2)12-13(14(17)18)19-11(15-12)8-16-7-5-4-6-10(16)3/h9-10H,4-8H2,1-3H3,(H,17,18). The lowest BCUT2D eigenvalue weighted by Crippen LogP contribution is -2.36. The van der Waals surface area contributed by atoms with Crippen LogP contribution in [0.15, 0.2) is 0 Å². The predicted octanol–water partition coefficient (Wildman–Crippen LogP) is 3.34. The molecule has 1 aromatic heterocycles. The van der Waals surface area contributed by atoms with Gasteiger partial charge in [-0.2, -0.15) is 0 Å². The van der Waals surface area contributed by atoms with E-state index in [1.807, 2.05) is 13.8 Å². The molecule has 0 aromatic carbocycles. The molecule has 1 fully saturated rings. The van der Waals surface area contributed by atoms with Crippen LogP contribution in [0.3, 0.4) is 0 Å². The fourth-order valence-electron chi connectivity index (χ4n) is 2.56. The second-order valence-corrected chi connectivity index (χ2v) is 6.68. The van der Waals surface area contributed by atoms with E-state index in [2.05, 4.69) is 16.8 Å². The van der Waals surface area contributed by atoms with E-state index in [4.69, 9.17) is 0 Å². The summed E-state index contributed by atoms with van der Waals surface area (Å²) in [7, 11) is 0. The van der Waals surface area contributed by atoms with E-state index in [9.17, 15) is 9.90 Å². The minimum Gasteiger partial charge on any atom is -0.477 e. The summed E-state index contributed by atoms with van der Waals surface area (Å²) in [6, 6.07) is 0.577. The second kappa shape index (κ2) is 6.01. The van der Waals surface area contributed by atoms with Gasteiger partial charge in [0.25, 0.3) is 0 Å². The highest BCUT2D eigenvalue weighted by Crippen LogP contribution is 2.27. The number of rotatable bonds is 4. The number of aromatic carboxylic acids is 1. The van der Waals surface area contributed by atoms with E-state index < -0.39 is 5.97 Å². The maximum absolute atomic E-state index is 11.3. The first-order valence-electron chi connectivity index (χ1n) is 6.96. The summed E-state index contributed by atoms with van der Waals surface area (Å²) in [6.45, 7) is 8.12. The third-order valence-electron chi connectivity index (χ3n) is 3.72. The summed E-state index contributed by atoms with van der Waals surface area (Å²) in [4.78, 5) is 18.6. The van der Waals surface area contributed by atoms with Crippen molar-refractivity contribution in [1.29, 1.82) is 0 Å². The molecule has 0 amide bonds. The molecular formula is C14H22N2O2S. The molecule has 1 N–H and O–H groups in total. The number of carbonyl (C=O) groups is 1. The van der Waals surface area contributed by atoms with Crippen molar-refractivity contribution in [3.8, 4) is 0 Å². The predicted molar refractivity (Wildman–Crippen MR) is 76.9 cm³/mol. The minimum atomic E-state index is -0.848. The zero-order valence-corrected chi connectivity index (χ0v) is 12.7. The van der Waals surface area contributed by atoms with E-state index >= 15 is 0 Å². The van der Waals surface area contributed by atoms with Crippen LogP contribution < -0.4 is 0 Å². The van der Waals surface area contributed by atoms with Crippen LogP contribution in [0.4, 0.5) is 0 Å². The number of carboxylic acids is 1. The van der Waals surface area contributed by atoms with Gasteiger partial charge >= 0.3 is 5.97 Å². The first-order valence-corrected chi connectivity index (χ1v) is 7.77. The number of nitrogens with zero attached hydrogens (tertiary/aromatic N) is 2. The summed E-state index contributed by atoms with van der Waals surface area (Å²) in [6.07, 6.45) is 3.76. The number of thiazole rings is 1. The Balaban J connectivity index is 2.16. The number of piperidine rings is 1. The Morgan fingerprint density at radius 1 is 1.53 bits per heavy atom. The maximum atomic E-state index is 11.3. The fraction of sp³-hybridized carbons (Fsp3) is 0.714. The molecule has 0 radical (unpaired) electrons. The molecule has 1 saturated heterocycles. The van der Waals surface area contributed by atoms with E-state index in [0.717, 1.165) is 23.8 Å². The Morgan fingerprint density at radius 3 is 2.79 bits per heavy atom. The van der Waals surface area contributed by atoms with Crippen molar-refractivity contribution in [1.82, 2.24) is 9.88 Å². The first-order chi connectivity index (χ1) is 8.99. The number of likely N-dealkylation sites (tertiary alicyclic amines) is 1. The van der Waals surface area contributed by atoms with Gasteiger partial charge in [-0.15, -0.1) is 11.3 Å². The lowest BCUT2D eigenvalue weighted by molar-refractivity contribution is 0.0700. The van der Waals surface area contributed by atoms with Gasteiger partial charge in [0.15, 0.2) is 0 Å². The number of aromatic nitrogens is 1. The van der Waals surface area contributed by atoms with Crippen LogP contribution in [-0.2, 0) is 6.54 Å². The molecule has 1 aliphatic heterocycles. The van der Waals surface area contributed by atoms with Gasteiger partial charge in [0.05, 0.1) is 12.2 Å². The fourth-order valence-corrected chi connectivity index (χ4v) is 3.64. The average molecular weight is 282 g/mol. The van der Waals surface area contributed by atoms with Crippen molar-refractivity contribution in [2.24, 2.45) is 0 Å². The summed E-state index contributed by atoms with van der Waals surface area (Å²) in [5.41, 5.74) is 0.733. The Bertz CT molecular complexity index is 456. The molecule has 0 spiro atoms. The van der Waals surface area contributed by atoms with Crippen molar-refractivity contribution in [2.45, 2.75) is 58.5 Å². The molecule has 0 saturated carbocycles. The molecule has 0 bridgehead atoms. The monoisotopic (exact) mass is 282 g/mol. The molecule has 1 aliphatic rings. The molecule has 1 atom stereocenters. The Morgan fingerprint density at radius 2 is 2.26 bits per heavy atom. The molecule has 1 unspecified atom stereocenters. The van der Waals surface area contributed by atoms with Crippen LogP contribution in [0.25, 0.3) is 0 Å². The van der Waals surface area contributed by atoms with Crippen LogP contribution in [-0.4, -0.2) is 33.5 Å². The van der Waals surface area contributed by atoms with Gasteiger partial charge in [-0.05, 0) is 32.2 Å². The summed E-state index contributed by atoms with van der Waals surface area (Å²) in [5, 5.41) is 10.2.